The van der Waals surface area contributed by atoms with Gasteiger partial charge in [-0.2, -0.15) is 12.6 Å². The molecule has 0 atom stereocenters. The maximum Gasteiger partial charge on any atom is 0.419 e. The van der Waals surface area contributed by atoms with Crippen LogP contribution in [0.2, 0.25) is 0 Å². The molecule has 0 amide bonds. The van der Waals surface area contributed by atoms with Gasteiger partial charge in [-0.3, -0.25) is 4.57 Å². The molecule has 96 valence electrons. The molecule has 1 aromatic carbocycles. The van der Waals surface area contributed by atoms with Crippen molar-refractivity contribution in [2.45, 2.75) is 32.1 Å². The first kappa shape index (κ1) is 13.0. The first-order chi connectivity index (χ1) is 8.42. The quantitative estimate of drug-likeness (QED) is 0.792. The van der Waals surface area contributed by atoms with Crippen molar-refractivity contribution < 1.29 is 9.53 Å². The molecule has 0 spiro atoms. The molecule has 0 N–H and O–H groups in total. The van der Waals surface area contributed by atoms with Gasteiger partial charge in [0.15, 0.2) is 0 Å². The van der Waals surface area contributed by atoms with E-state index in [0.29, 0.717) is 5.75 Å². The lowest BCUT2D eigenvalue weighted by Crippen LogP contribution is -2.26. The molecular weight excluding hydrogens is 246 g/mol. The van der Waals surface area contributed by atoms with Crippen molar-refractivity contribution in [2.24, 2.45) is 0 Å². The third-order valence-corrected chi connectivity index (χ3v) is 2.90. The average Bonchev–Trinajstić information content (AvgIpc) is 2.65. The van der Waals surface area contributed by atoms with Gasteiger partial charge in [0.2, 0.25) is 0 Å². The van der Waals surface area contributed by atoms with E-state index in [-0.39, 0.29) is 6.09 Å². The molecular formula is C14H17NO2S. The number of thiol groups is 1. The van der Waals surface area contributed by atoms with Crippen LogP contribution in [-0.4, -0.2) is 16.3 Å². The molecule has 0 bridgehead atoms. The second kappa shape index (κ2) is 4.69. The Morgan fingerprint density at radius 1 is 1.33 bits per heavy atom. The maximum absolute atomic E-state index is 12.1. The number of hydrogen-bond acceptors (Lipinski definition) is 3. The predicted molar refractivity (Wildman–Crippen MR) is 76.3 cm³/mol. The van der Waals surface area contributed by atoms with Crippen molar-refractivity contribution in [3.63, 3.8) is 0 Å². The second-order valence-electron chi connectivity index (χ2n) is 5.18. The van der Waals surface area contributed by atoms with Crippen molar-refractivity contribution >= 4 is 29.6 Å². The van der Waals surface area contributed by atoms with Crippen LogP contribution in [0.15, 0.2) is 30.5 Å². The number of carbonyl (C=O) groups is 1. The Labute approximate surface area is 112 Å². The number of aromatic nitrogens is 1. The zero-order chi connectivity index (χ0) is 13.3. The highest BCUT2D eigenvalue weighted by atomic mass is 32.1. The van der Waals surface area contributed by atoms with Gasteiger partial charge in [-0.1, -0.05) is 18.2 Å². The number of carbonyl (C=O) groups excluding carboxylic acids is 1. The molecule has 0 aliphatic carbocycles. The Bertz CT molecular complexity index is 581. The van der Waals surface area contributed by atoms with E-state index in [4.69, 9.17) is 4.74 Å². The molecule has 0 aliphatic rings. The average molecular weight is 263 g/mol. The van der Waals surface area contributed by atoms with Gasteiger partial charge in [-0.05, 0) is 32.4 Å². The molecule has 0 fully saturated rings. The van der Waals surface area contributed by atoms with Crippen LogP contribution in [0.25, 0.3) is 10.9 Å². The van der Waals surface area contributed by atoms with Gasteiger partial charge >= 0.3 is 6.09 Å². The van der Waals surface area contributed by atoms with Crippen LogP contribution in [0.3, 0.4) is 0 Å². The number of fused-ring (bicyclic) bond motifs is 1. The first-order valence-corrected chi connectivity index (χ1v) is 6.49. The first-order valence-electron chi connectivity index (χ1n) is 5.85. The molecule has 0 aliphatic heterocycles. The fraction of sp³-hybridized carbons (Fsp3) is 0.357. The van der Waals surface area contributed by atoms with Crippen LogP contribution in [0.1, 0.15) is 26.3 Å². The fourth-order valence-electron chi connectivity index (χ4n) is 1.84. The van der Waals surface area contributed by atoms with Gasteiger partial charge in [-0.15, -0.1) is 0 Å². The Morgan fingerprint density at radius 3 is 2.61 bits per heavy atom. The number of hydrogen-bond donors (Lipinski definition) is 1. The third-order valence-electron chi connectivity index (χ3n) is 2.56. The van der Waals surface area contributed by atoms with E-state index in [1.165, 1.54) is 0 Å². The molecule has 2 aromatic rings. The summed E-state index contributed by atoms with van der Waals surface area (Å²) in [5.41, 5.74) is 1.39. The van der Waals surface area contributed by atoms with E-state index in [1.807, 2.05) is 45.0 Å². The molecule has 0 radical (unpaired) electrons. The highest BCUT2D eigenvalue weighted by Crippen LogP contribution is 2.23. The Morgan fingerprint density at radius 2 is 2.00 bits per heavy atom. The number of rotatable bonds is 1. The molecule has 4 heteroatoms. The van der Waals surface area contributed by atoms with Crippen molar-refractivity contribution in [3.05, 3.63) is 36.0 Å². The summed E-state index contributed by atoms with van der Waals surface area (Å²) in [6.07, 6.45) is 1.44. The Balaban J connectivity index is 2.48. The lowest BCUT2D eigenvalue weighted by Gasteiger charge is -2.19. The predicted octanol–water partition coefficient (Wildman–Crippen LogP) is 3.85. The molecule has 18 heavy (non-hydrogen) atoms. The molecule has 0 saturated carbocycles. The summed E-state index contributed by atoms with van der Waals surface area (Å²) in [6.45, 7) is 5.57. The zero-order valence-corrected chi connectivity index (χ0v) is 11.7. The monoisotopic (exact) mass is 263 g/mol. The summed E-state index contributed by atoms with van der Waals surface area (Å²) >= 11 is 4.29. The van der Waals surface area contributed by atoms with Crippen molar-refractivity contribution in [1.29, 1.82) is 0 Å². The van der Waals surface area contributed by atoms with Gasteiger partial charge < -0.3 is 4.74 Å². The molecule has 2 rings (SSSR count). The van der Waals surface area contributed by atoms with Gasteiger partial charge in [0.25, 0.3) is 0 Å². The third kappa shape index (κ3) is 2.53. The Kier molecular flexibility index (Phi) is 3.39. The second-order valence-corrected chi connectivity index (χ2v) is 5.50. The normalized spacial score (nSPS) is 11.8. The largest absolute Gasteiger partial charge is 0.443 e. The molecule has 0 unspecified atom stereocenters. The lowest BCUT2D eigenvalue weighted by molar-refractivity contribution is 0.0544. The van der Waals surface area contributed by atoms with Crippen molar-refractivity contribution in [3.8, 4) is 0 Å². The summed E-state index contributed by atoms with van der Waals surface area (Å²) in [4.78, 5) is 12.1. The number of para-hydroxylation sites is 1. The van der Waals surface area contributed by atoms with Gasteiger partial charge in [0.1, 0.15) is 5.60 Å². The topological polar surface area (TPSA) is 31.2 Å². The van der Waals surface area contributed by atoms with E-state index in [2.05, 4.69) is 12.6 Å². The molecule has 1 aromatic heterocycles. The zero-order valence-electron chi connectivity index (χ0n) is 10.8. The van der Waals surface area contributed by atoms with Crippen LogP contribution in [0.4, 0.5) is 4.79 Å². The summed E-state index contributed by atoms with van der Waals surface area (Å²) < 4.78 is 6.94. The minimum Gasteiger partial charge on any atom is -0.443 e. The summed E-state index contributed by atoms with van der Waals surface area (Å²) in [5.74, 6) is 0.594. The van der Waals surface area contributed by atoms with E-state index >= 15 is 0 Å². The lowest BCUT2D eigenvalue weighted by atomic mass is 10.2. The van der Waals surface area contributed by atoms with Gasteiger partial charge in [-0.25, -0.2) is 4.79 Å². The number of nitrogens with zero attached hydrogens (tertiary/aromatic N) is 1. The van der Waals surface area contributed by atoms with Crippen molar-refractivity contribution in [2.75, 3.05) is 0 Å². The molecule has 3 nitrogen and oxygen atoms in total. The maximum atomic E-state index is 12.1. The summed E-state index contributed by atoms with van der Waals surface area (Å²) in [7, 11) is 0. The van der Waals surface area contributed by atoms with Gasteiger partial charge in [0, 0.05) is 17.3 Å². The fourth-order valence-corrected chi connectivity index (χ4v) is 2.09. The van der Waals surface area contributed by atoms with Crippen LogP contribution in [-0.2, 0) is 10.5 Å². The minimum absolute atomic E-state index is 0.355. The van der Waals surface area contributed by atoms with Crippen LogP contribution in [0, 0.1) is 0 Å². The molecule has 0 saturated heterocycles. The van der Waals surface area contributed by atoms with E-state index in [0.717, 1.165) is 16.5 Å². The standard InChI is InChI=1S/C14H17NO2S/c1-14(2,3)17-13(16)15-8-10(9-18)11-6-4-5-7-12(11)15/h4-8,18H,9H2,1-3H3. The van der Waals surface area contributed by atoms with Crippen LogP contribution >= 0.6 is 12.6 Å². The van der Waals surface area contributed by atoms with E-state index < -0.39 is 5.60 Å². The Hall–Kier alpha value is -1.42. The SMILES string of the molecule is CC(C)(C)OC(=O)n1cc(CS)c2ccccc21. The molecule has 1 heterocycles. The van der Waals surface area contributed by atoms with Crippen molar-refractivity contribution in [1.82, 2.24) is 4.57 Å². The number of ether oxygens (including phenoxy) is 1. The summed E-state index contributed by atoms with van der Waals surface area (Å²) in [6, 6.07) is 7.76. The minimum atomic E-state index is -0.496. The van der Waals surface area contributed by atoms with Gasteiger partial charge in [0.05, 0.1) is 5.52 Å². The number of benzene rings is 1. The van der Waals surface area contributed by atoms with Crippen LogP contribution in [0.5, 0.6) is 0 Å². The van der Waals surface area contributed by atoms with E-state index in [9.17, 15) is 4.79 Å². The van der Waals surface area contributed by atoms with E-state index in [1.54, 1.807) is 10.8 Å². The highest BCUT2D eigenvalue weighted by Gasteiger charge is 2.20. The smallest absolute Gasteiger partial charge is 0.419 e. The highest BCUT2D eigenvalue weighted by molar-refractivity contribution is 7.79. The van der Waals surface area contributed by atoms with Crippen LogP contribution < -0.4 is 0 Å². The summed E-state index contributed by atoms with van der Waals surface area (Å²) in [5, 5.41) is 1.04.